The van der Waals surface area contributed by atoms with Gasteiger partial charge in [0.15, 0.2) is 0 Å². The maximum Gasteiger partial charge on any atom is 0.239 e. The van der Waals surface area contributed by atoms with Crippen molar-refractivity contribution in [3.05, 3.63) is 35.4 Å². The molecular formula is C17H23N3O2. The molecule has 0 saturated carbocycles. The topological polar surface area (TPSA) is 52.7 Å². The van der Waals surface area contributed by atoms with Crippen molar-refractivity contribution in [1.82, 2.24) is 15.1 Å². The minimum absolute atomic E-state index is 0.0588. The van der Waals surface area contributed by atoms with Crippen molar-refractivity contribution in [3.63, 3.8) is 0 Å². The maximum atomic E-state index is 12.5. The smallest absolute Gasteiger partial charge is 0.239 e. The van der Waals surface area contributed by atoms with Gasteiger partial charge in [0, 0.05) is 19.1 Å². The summed E-state index contributed by atoms with van der Waals surface area (Å²) in [7, 11) is 0. The predicted octanol–water partition coefficient (Wildman–Crippen LogP) is 1.09. The first-order valence-electron chi connectivity index (χ1n) is 7.99. The van der Waals surface area contributed by atoms with Crippen molar-refractivity contribution in [3.8, 4) is 0 Å². The summed E-state index contributed by atoms with van der Waals surface area (Å²) in [5.74, 6) is 0.00631. The van der Waals surface area contributed by atoms with Crippen LogP contribution in [0.3, 0.4) is 0 Å². The Balaban J connectivity index is 1.67. The zero-order valence-electron chi connectivity index (χ0n) is 13.0. The van der Waals surface area contributed by atoms with Crippen LogP contribution in [0.25, 0.3) is 0 Å². The number of aryl methyl sites for hydroxylation is 1. The monoisotopic (exact) mass is 301 g/mol. The van der Waals surface area contributed by atoms with E-state index in [0.717, 1.165) is 19.4 Å². The van der Waals surface area contributed by atoms with Gasteiger partial charge < -0.3 is 10.2 Å². The Kier molecular flexibility index (Phi) is 4.43. The van der Waals surface area contributed by atoms with Crippen LogP contribution in [0.5, 0.6) is 0 Å². The number of carbonyl (C=O) groups excluding carboxylic acids is 2. The molecule has 2 heterocycles. The fraction of sp³-hybridized carbons (Fsp3) is 0.529. The van der Waals surface area contributed by atoms with Crippen LogP contribution in [0.2, 0.25) is 0 Å². The third kappa shape index (κ3) is 3.14. The molecule has 0 bridgehead atoms. The first-order valence-corrected chi connectivity index (χ1v) is 7.99. The van der Waals surface area contributed by atoms with Crippen LogP contribution in [0.1, 0.15) is 30.0 Å². The Bertz CT molecular complexity index is 573. The highest BCUT2D eigenvalue weighted by molar-refractivity contribution is 5.86. The number of benzene rings is 1. The van der Waals surface area contributed by atoms with Gasteiger partial charge in [0.1, 0.15) is 0 Å². The molecule has 1 N–H and O–H groups in total. The number of carbonyl (C=O) groups is 2. The molecule has 2 fully saturated rings. The van der Waals surface area contributed by atoms with Crippen molar-refractivity contribution in [2.24, 2.45) is 0 Å². The average molecular weight is 301 g/mol. The molecule has 2 amide bonds. The van der Waals surface area contributed by atoms with Gasteiger partial charge in [0.05, 0.1) is 13.1 Å². The van der Waals surface area contributed by atoms with Crippen LogP contribution in [-0.2, 0) is 9.59 Å². The molecule has 2 aliphatic rings. The second-order valence-corrected chi connectivity index (χ2v) is 6.15. The highest BCUT2D eigenvalue weighted by Crippen LogP contribution is 2.33. The van der Waals surface area contributed by atoms with Crippen LogP contribution >= 0.6 is 0 Å². The van der Waals surface area contributed by atoms with Crippen LogP contribution in [0.4, 0.5) is 0 Å². The van der Waals surface area contributed by atoms with Crippen molar-refractivity contribution < 1.29 is 9.59 Å². The molecule has 0 aliphatic carbocycles. The predicted molar refractivity (Wildman–Crippen MR) is 84.3 cm³/mol. The zero-order chi connectivity index (χ0) is 15.5. The van der Waals surface area contributed by atoms with Crippen molar-refractivity contribution in [2.45, 2.75) is 25.8 Å². The number of piperazine rings is 1. The lowest BCUT2D eigenvalue weighted by molar-refractivity contribution is -0.139. The molecule has 22 heavy (non-hydrogen) atoms. The number of nitrogens with zero attached hydrogens (tertiary/aromatic N) is 2. The molecule has 3 rings (SSSR count). The van der Waals surface area contributed by atoms with E-state index in [1.54, 1.807) is 4.90 Å². The third-order valence-electron chi connectivity index (χ3n) is 4.64. The van der Waals surface area contributed by atoms with E-state index in [1.165, 1.54) is 11.1 Å². The molecular weight excluding hydrogens is 278 g/mol. The zero-order valence-corrected chi connectivity index (χ0v) is 13.0. The quantitative estimate of drug-likeness (QED) is 0.909. The largest absolute Gasteiger partial charge is 0.353 e. The summed E-state index contributed by atoms with van der Waals surface area (Å²) in [6.45, 7) is 4.86. The first kappa shape index (κ1) is 15.0. The minimum Gasteiger partial charge on any atom is -0.353 e. The molecule has 5 heteroatoms. The second kappa shape index (κ2) is 6.48. The molecule has 1 aromatic carbocycles. The molecule has 0 unspecified atom stereocenters. The van der Waals surface area contributed by atoms with Crippen LogP contribution < -0.4 is 5.32 Å². The van der Waals surface area contributed by atoms with E-state index >= 15 is 0 Å². The van der Waals surface area contributed by atoms with Crippen LogP contribution in [-0.4, -0.2) is 54.3 Å². The molecule has 1 atom stereocenters. The van der Waals surface area contributed by atoms with E-state index in [0.29, 0.717) is 25.7 Å². The standard InChI is InChI=1S/C17H23N3O2/c1-13-5-2-3-6-14(13)15-7-4-9-19(15)12-17(22)20-10-8-18-16(21)11-20/h2-3,5-6,15H,4,7-12H2,1H3,(H,18,21)/t15-/m0/s1. The molecule has 0 aromatic heterocycles. The van der Waals surface area contributed by atoms with E-state index in [2.05, 4.69) is 41.4 Å². The Morgan fingerprint density at radius 3 is 2.91 bits per heavy atom. The van der Waals surface area contributed by atoms with E-state index in [9.17, 15) is 9.59 Å². The number of likely N-dealkylation sites (tertiary alicyclic amines) is 1. The van der Waals surface area contributed by atoms with E-state index in [-0.39, 0.29) is 18.4 Å². The molecule has 2 aliphatic heterocycles. The van der Waals surface area contributed by atoms with Gasteiger partial charge in [-0.1, -0.05) is 24.3 Å². The summed E-state index contributed by atoms with van der Waals surface area (Å²) in [6, 6.07) is 8.73. The number of amides is 2. The van der Waals surface area contributed by atoms with E-state index < -0.39 is 0 Å². The number of rotatable bonds is 3. The van der Waals surface area contributed by atoms with Crippen molar-refractivity contribution in [1.29, 1.82) is 0 Å². The number of hydrogen-bond acceptors (Lipinski definition) is 3. The van der Waals surface area contributed by atoms with Crippen LogP contribution in [0.15, 0.2) is 24.3 Å². The lowest BCUT2D eigenvalue weighted by atomic mass is 9.99. The number of nitrogens with one attached hydrogen (secondary N) is 1. The van der Waals surface area contributed by atoms with E-state index in [1.807, 2.05) is 0 Å². The summed E-state index contributed by atoms with van der Waals surface area (Å²) in [5, 5.41) is 2.76. The van der Waals surface area contributed by atoms with Gasteiger partial charge in [-0.05, 0) is 37.4 Å². The van der Waals surface area contributed by atoms with E-state index in [4.69, 9.17) is 0 Å². The molecule has 2 saturated heterocycles. The lowest BCUT2D eigenvalue weighted by Gasteiger charge is -2.31. The maximum absolute atomic E-state index is 12.5. The van der Waals surface area contributed by atoms with Crippen LogP contribution in [0, 0.1) is 6.92 Å². The fourth-order valence-corrected chi connectivity index (χ4v) is 3.45. The normalized spacial score (nSPS) is 22.7. The van der Waals surface area contributed by atoms with Crippen molar-refractivity contribution in [2.75, 3.05) is 32.7 Å². The Labute approximate surface area is 131 Å². The molecule has 118 valence electrons. The Morgan fingerprint density at radius 1 is 1.32 bits per heavy atom. The van der Waals surface area contributed by atoms with Gasteiger partial charge in [0.25, 0.3) is 0 Å². The SMILES string of the molecule is Cc1ccccc1[C@@H]1CCCN1CC(=O)N1CCNC(=O)C1. The third-order valence-corrected chi connectivity index (χ3v) is 4.64. The Morgan fingerprint density at radius 2 is 2.14 bits per heavy atom. The lowest BCUT2D eigenvalue weighted by Crippen LogP contribution is -2.52. The minimum atomic E-state index is -0.0588. The van der Waals surface area contributed by atoms with Gasteiger partial charge in [-0.3, -0.25) is 14.5 Å². The fourth-order valence-electron chi connectivity index (χ4n) is 3.45. The summed E-state index contributed by atoms with van der Waals surface area (Å²) < 4.78 is 0. The van der Waals surface area contributed by atoms with Gasteiger partial charge >= 0.3 is 0 Å². The molecule has 0 spiro atoms. The molecule has 1 aromatic rings. The number of hydrogen-bond donors (Lipinski definition) is 1. The van der Waals surface area contributed by atoms with Gasteiger partial charge in [-0.2, -0.15) is 0 Å². The Hall–Kier alpha value is -1.88. The first-order chi connectivity index (χ1) is 10.6. The second-order valence-electron chi connectivity index (χ2n) is 6.15. The summed E-state index contributed by atoms with van der Waals surface area (Å²) >= 11 is 0. The van der Waals surface area contributed by atoms with Gasteiger partial charge in [0.2, 0.25) is 11.8 Å². The molecule has 5 nitrogen and oxygen atoms in total. The summed E-state index contributed by atoms with van der Waals surface area (Å²) in [4.78, 5) is 27.8. The average Bonchev–Trinajstić information content (AvgIpc) is 2.95. The van der Waals surface area contributed by atoms with Crippen molar-refractivity contribution >= 4 is 11.8 Å². The van der Waals surface area contributed by atoms with Gasteiger partial charge in [-0.25, -0.2) is 0 Å². The highest BCUT2D eigenvalue weighted by Gasteiger charge is 2.30. The highest BCUT2D eigenvalue weighted by atomic mass is 16.2. The summed E-state index contributed by atoms with van der Waals surface area (Å²) in [5.41, 5.74) is 2.60. The summed E-state index contributed by atoms with van der Waals surface area (Å²) in [6.07, 6.45) is 2.21. The molecule has 0 radical (unpaired) electrons. The van der Waals surface area contributed by atoms with Gasteiger partial charge in [-0.15, -0.1) is 0 Å².